The van der Waals surface area contributed by atoms with Crippen molar-refractivity contribution in [3.05, 3.63) is 60.7 Å². The van der Waals surface area contributed by atoms with Crippen LogP contribution < -0.4 is 15.4 Å². The van der Waals surface area contributed by atoms with Crippen molar-refractivity contribution in [2.75, 3.05) is 5.32 Å². The maximum atomic E-state index is 11.8. The monoisotopic (exact) mass is 286 g/mol. The molecule has 6 nitrogen and oxygen atoms in total. The molecule has 6 heteroatoms. The second-order valence-electron chi connectivity index (χ2n) is 4.11. The summed E-state index contributed by atoms with van der Waals surface area (Å²) in [5.41, 5.74) is 0.554. The molecule has 0 bridgehead atoms. The molecule has 0 aliphatic heterocycles. The number of benzene rings is 2. The van der Waals surface area contributed by atoms with Gasteiger partial charge in [0.1, 0.15) is 5.75 Å². The fraction of sp³-hybridized carbons (Fsp3) is 0.0667. The number of amides is 2. The lowest BCUT2D eigenvalue weighted by Gasteiger charge is -2.16. The van der Waals surface area contributed by atoms with Gasteiger partial charge in [-0.2, -0.15) is 0 Å². The number of carbonyl (C=O) groups excluding carboxylic acids is 1. The topological polar surface area (TPSA) is 87.7 Å². The van der Waals surface area contributed by atoms with Crippen molar-refractivity contribution in [1.82, 2.24) is 5.32 Å². The Balaban J connectivity index is 1.96. The molecule has 0 saturated carbocycles. The third kappa shape index (κ3) is 4.54. The number of carboxylic acids is 1. The minimum Gasteiger partial charge on any atom is -0.477 e. The number of anilines is 1. The molecule has 108 valence electrons. The number of urea groups is 1. The number of rotatable bonds is 5. The first-order valence-electron chi connectivity index (χ1n) is 6.22. The predicted molar refractivity (Wildman–Crippen MR) is 77.1 cm³/mol. The summed E-state index contributed by atoms with van der Waals surface area (Å²) in [6.07, 6.45) is -1.48. The van der Waals surface area contributed by atoms with Crippen molar-refractivity contribution < 1.29 is 19.4 Å². The third-order valence-corrected chi connectivity index (χ3v) is 2.52. The first-order chi connectivity index (χ1) is 10.1. The van der Waals surface area contributed by atoms with E-state index in [-0.39, 0.29) is 0 Å². The van der Waals surface area contributed by atoms with Gasteiger partial charge in [0.05, 0.1) is 0 Å². The molecule has 2 aromatic carbocycles. The summed E-state index contributed by atoms with van der Waals surface area (Å²) in [6.45, 7) is 0. The Bertz CT molecular complexity index is 602. The van der Waals surface area contributed by atoms with Gasteiger partial charge < -0.3 is 15.2 Å². The standard InChI is InChI=1S/C15H14N2O4/c18-14(19)13(21-12-9-5-2-6-10-12)17-15(20)16-11-7-3-1-4-8-11/h1-10,13H,(H,18,19)(H2,16,17,20). The number of hydrogen-bond acceptors (Lipinski definition) is 3. The maximum Gasteiger partial charge on any atom is 0.366 e. The zero-order chi connectivity index (χ0) is 15.1. The molecule has 1 atom stereocenters. The number of ether oxygens (including phenoxy) is 1. The van der Waals surface area contributed by atoms with Crippen molar-refractivity contribution in [3.8, 4) is 5.75 Å². The van der Waals surface area contributed by atoms with Gasteiger partial charge in [-0.3, -0.25) is 5.32 Å². The number of para-hydroxylation sites is 2. The molecule has 2 aromatic rings. The molecule has 0 fully saturated rings. The lowest BCUT2D eigenvalue weighted by Crippen LogP contribution is -2.46. The lowest BCUT2D eigenvalue weighted by molar-refractivity contribution is -0.146. The van der Waals surface area contributed by atoms with Crippen LogP contribution in [0.15, 0.2) is 60.7 Å². The molecule has 0 spiro atoms. The van der Waals surface area contributed by atoms with Gasteiger partial charge in [-0.25, -0.2) is 9.59 Å². The minimum atomic E-state index is -1.48. The number of nitrogens with one attached hydrogen (secondary N) is 2. The van der Waals surface area contributed by atoms with Gasteiger partial charge in [-0.15, -0.1) is 0 Å². The van der Waals surface area contributed by atoms with Gasteiger partial charge in [-0.1, -0.05) is 36.4 Å². The molecule has 2 amide bonds. The van der Waals surface area contributed by atoms with E-state index in [0.29, 0.717) is 11.4 Å². The maximum absolute atomic E-state index is 11.8. The molecule has 0 aliphatic rings. The van der Waals surface area contributed by atoms with E-state index in [2.05, 4.69) is 10.6 Å². The van der Waals surface area contributed by atoms with E-state index in [1.165, 1.54) is 0 Å². The van der Waals surface area contributed by atoms with E-state index in [4.69, 9.17) is 9.84 Å². The summed E-state index contributed by atoms with van der Waals surface area (Å²) >= 11 is 0. The van der Waals surface area contributed by atoms with Gasteiger partial charge in [0.25, 0.3) is 6.23 Å². The van der Waals surface area contributed by atoms with Crippen LogP contribution in [-0.2, 0) is 4.79 Å². The van der Waals surface area contributed by atoms with E-state index < -0.39 is 18.2 Å². The Kier molecular flexibility index (Phi) is 4.76. The summed E-state index contributed by atoms with van der Waals surface area (Å²) in [4.78, 5) is 22.9. The highest BCUT2D eigenvalue weighted by Crippen LogP contribution is 2.10. The van der Waals surface area contributed by atoms with E-state index >= 15 is 0 Å². The molecule has 0 aromatic heterocycles. The second kappa shape index (κ2) is 6.95. The SMILES string of the molecule is O=C(Nc1ccccc1)NC(Oc1ccccc1)C(=O)O. The number of carboxylic acid groups (broad SMARTS) is 1. The van der Waals surface area contributed by atoms with E-state index in [1.54, 1.807) is 54.6 Å². The van der Waals surface area contributed by atoms with Crippen LogP contribution in [0, 0.1) is 0 Å². The minimum absolute atomic E-state index is 0.352. The molecule has 2 rings (SSSR count). The summed E-state index contributed by atoms with van der Waals surface area (Å²) < 4.78 is 5.21. The van der Waals surface area contributed by atoms with Crippen LogP contribution in [0.3, 0.4) is 0 Å². The average molecular weight is 286 g/mol. The molecule has 0 radical (unpaired) electrons. The number of hydrogen-bond donors (Lipinski definition) is 3. The van der Waals surface area contributed by atoms with E-state index in [1.807, 2.05) is 6.07 Å². The molecule has 1 unspecified atom stereocenters. The predicted octanol–water partition coefficient (Wildman–Crippen LogP) is 2.30. The molecule has 3 N–H and O–H groups in total. The second-order valence-corrected chi connectivity index (χ2v) is 4.11. The Morgan fingerprint density at radius 3 is 2.10 bits per heavy atom. The zero-order valence-corrected chi connectivity index (χ0v) is 11.0. The summed E-state index contributed by atoms with van der Waals surface area (Å²) in [6, 6.07) is 16.4. The normalized spacial score (nSPS) is 11.2. The van der Waals surface area contributed by atoms with Crippen LogP contribution in [0.2, 0.25) is 0 Å². The molecule has 0 saturated heterocycles. The van der Waals surface area contributed by atoms with E-state index in [0.717, 1.165) is 0 Å². The van der Waals surface area contributed by atoms with Crippen LogP contribution in [0.4, 0.5) is 10.5 Å². The van der Waals surface area contributed by atoms with E-state index in [9.17, 15) is 9.59 Å². The van der Waals surface area contributed by atoms with Gasteiger partial charge >= 0.3 is 12.0 Å². The first-order valence-corrected chi connectivity index (χ1v) is 6.22. The Morgan fingerprint density at radius 2 is 1.52 bits per heavy atom. The summed E-state index contributed by atoms with van der Waals surface area (Å²) in [5, 5.41) is 13.8. The molecular formula is C15H14N2O4. The highest BCUT2D eigenvalue weighted by molar-refractivity contribution is 5.91. The Morgan fingerprint density at radius 1 is 0.952 bits per heavy atom. The fourth-order valence-corrected chi connectivity index (χ4v) is 1.58. The van der Waals surface area contributed by atoms with Crippen molar-refractivity contribution in [2.24, 2.45) is 0 Å². The lowest BCUT2D eigenvalue weighted by atomic mass is 10.3. The number of aliphatic carboxylic acids is 1. The van der Waals surface area contributed by atoms with Crippen molar-refractivity contribution in [3.63, 3.8) is 0 Å². The van der Waals surface area contributed by atoms with Gasteiger partial charge in [0.15, 0.2) is 0 Å². The molecule has 21 heavy (non-hydrogen) atoms. The van der Waals surface area contributed by atoms with Crippen LogP contribution in [0.25, 0.3) is 0 Å². The van der Waals surface area contributed by atoms with Crippen molar-refractivity contribution >= 4 is 17.7 Å². The van der Waals surface area contributed by atoms with Gasteiger partial charge in [0, 0.05) is 5.69 Å². The average Bonchev–Trinajstić information content (AvgIpc) is 2.48. The third-order valence-electron chi connectivity index (χ3n) is 2.52. The van der Waals surface area contributed by atoms with Crippen LogP contribution in [0.5, 0.6) is 5.75 Å². The van der Waals surface area contributed by atoms with Crippen molar-refractivity contribution in [1.29, 1.82) is 0 Å². The van der Waals surface area contributed by atoms with Crippen LogP contribution in [-0.4, -0.2) is 23.3 Å². The fourth-order valence-electron chi connectivity index (χ4n) is 1.58. The quantitative estimate of drug-likeness (QED) is 0.736. The first kappa shape index (κ1) is 14.4. The highest BCUT2D eigenvalue weighted by Gasteiger charge is 2.21. The Hall–Kier alpha value is -3.02. The van der Waals surface area contributed by atoms with Crippen LogP contribution >= 0.6 is 0 Å². The van der Waals surface area contributed by atoms with Crippen molar-refractivity contribution in [2.45, 2.75) is 6.23 Å². The largest absolute Gasteiger partial charge is 0.477 e. The Labute approximate surface area is 121 Å². The zero-order valence-electron chi connectivity index (χ0n) is 11.0. The van der Waals surface area contributed by atoms with Gasteiger partial charge in [0.2, 0.25) is 0 Å². The summed E-state index contributed by atoms with van der Waals surface area (Å²) in [5.74, 6) is -0.938. The molecule has 0 heterocycles. The molecule has 0 aliphatic carbocycles. The highest BCUT2D eigenvalue weighted by atomic mass is 16.5. The number of carbonyl (C=O) groups is 2. The van der Waals surface area contributed by atoms with Gasteiger partial charge in [-0.05, 0) is 24.3 Å². The summed E-state index contributed by atoms with van der Waals surface area (Å²) in [7, 11) is 0. The van der Waals surface area contributed by atoms with Crippen LogP contribution in [0.1, 0.15) is 0 Å². The smallest absolute Gasteiger partial charge is 0.366 e. The molecular weight excluding hydrogens is 272 g/mol.